The van der Waals surface area contributed by atoms with Crippen LogP contribution in [0.25, 0.3) is 0 Å². The van der Waals surface area contributed by atoms with Gasteiger partial charge in [0.2, 0.25) is 0 Å². The summed E-state index contributed by atoms with van der Waals surface area (Å²) in [6.07, 6.45) is 3.74. The Labute approximate surface area is 99.5 Å². The third kappa shape index (κ3) is 3.05. The van der Waals surface area contributed by atoms with Crippen LogP contribution < -0.4 is 10.6 Å². The van der Waals surface area contributed by atoms with Crippen LogP contribution in [0.4, 0.5) is 11.6 Å². The molecule has 0 saturated heterocycles. The van der Waals surface area contributed by atoms with E-state index in [0.29, 0.717) is 11.9 Å². The van der Waals surface area contributed by atoms with Crippen molar-refractivity contribution >= 4 is 17.6 Å². The molecule has 1 saturated carbocycles. The highest BCUT2D eigenvalue weighted by atomic mass is 16.4. The van der Waals surface area contributed by atoms with Gasteiger partial charge in [0.05, 0.1) is 0 Å². The molecule has 0 aliphatic heterocycles. The lowest BCUT2D eigenvalue weighted by Gasteiger charge is -2.21. The predicted molar refractivity (Wildman–Crippen MR) is 64.0 cm³/mol. The number of hydrogen-bond donors (Lipinski definition) is 3. The molecule has 92 valence electrons. The first-order valence-corrected chi connectivity index (χ1v) is 5.57. The monoisotopic (exact) mass is 236 g/mol. The fraction of sp³-hybridized carbons (Fsp3) is 0.545. The van der Waals surface area contributed by atoms with E-state index in [4.69, 9.17) is 5.11 Å². The summed E-state index contributed by atoms with van der Waals surface area (Å²) in [7, 11) is 0. The molecule has 6 heteroatoms. The summed E-state index contributed by atoms with van der Waals surface area (Å²) in [5.74, 6) is 0.314. The maximum atomic E-state index is 11.0. The van der Waals surface area contributed by atoms with E-state index in [1.54, 1.807) is 19.9 Å². The maximum Gasteiger partial charge on any atom is 0.328 e. The summed E-state index contributed by atoms with van der Waals surface area (Å²) >= 11 is 0. The van der Waals surface area contributed by atoms with Crippen LogP contribution in [0.5, 0.6) is 0 Å². The van der Waals surface area contributed by atoms with Gasteiger partial charge in [-0.05, 0) is 26.7 Å². The third-order valence-corrected chi connectivity index (χ3v) is 2.57. The molecular weight excluding hydrogens is 220 g/mol. The second-order valence-electron chi connectivity index (χ2n) is 4.76. The van der Waals surface area contributed by atoms with Gasteiger partial charge in [-0.25, -0.2) is 14.8 Å². The van der Waals surface area contributed by atoms with E-state index in [-0.39, 0.29) is 0 Å². The lowest BCUT2D eigenvalue weighted by molar-refractivity contribution is -0.141. The summed E-state index contributed by atoms with van der Waals surface area (Å²) in [6, 6.07) is 2.23. The van der Waals surface area contributed by atoms with Crippen molar-refractivity contribution in [3.05, 3.63) is 12.4 Å². The molecule has 0 amide bonds. The minimum atomic E-state index is -1.05. The summed E-state index contributed by atoms with van der Waals surface area (Å²) in [5, 5.41) is 15.1. The highest BCUT2D eigenvalue weighted by Crippen LogP contribution is 2.24. The Morgan fingerprint density at radius 1 is 1.41 bits per heavy atom. The average Bonchev–Trinajstić information content (AvgIpc) is 3.01. The van der Waals surface area contributed by atoms with Gasteiger partial charge in [-0.15, -0.1) is 0 Å². The van der Waals surface area contributed by atoms with Gasteiger partial charge >= 0.3 is 5.97 Å². The molecule has 3 N–H and O–H groups in total. The van der Waals surface area contributed by atoms with Gasteiger partial charge in [0.1, 0.15) is 23.5 Å². The summed E-state index contributed by atoms with van der Waals surface area (Å²) in [6.45, 7) is 3.18. The number of nitrogens with one attached hydrogen (secondary N) is 2. The van der Waals surface area contributed by atoms with Crippen molar-refractivity contribution in [1.29, 1.82) is 0 Å². The highest BCUT2D eigenvalue weighted by Gasteiger charge is 2.27. The Balaban J connectivity index is 2.07. The quantitative estimate of drug-likeness (QED) is 0.714. The van der Waals surface area contributed by atoms with Crippen LogP contribution in [0.15, 0.2) is 12.4 Å². The average molecular weight is 236 g/mol. The zero-order chi connectivity index (χ0) is 12.5. The minimum absolute atomic E-state index is 0.505. The molecule has 0 atom stereocenters. The van der Waals surface area contributed by atoms with Crippen molar-refractivity contribution in [3.8, 4) is 0 Å². The number of hydrogen-bond acceptors (Lipinski definition) is 5. The normalized spacial score (nSPS) is 15.4. The largest absolute Gasteiger partial charge is 0.480 e. The third-order valence-electron chi connectivity index (χ3n) is 2.57. The van der Waals surface area contributed by atoms with Gasteiger partial charge in [-0.1, -0.05) is 0 Å². The van der Waals surface area contributed by atoms with Gasteiger partial charge in [0.15, 0.2) is 0 Å². The molecule has 0 bridgehead atoms. The Kier molecular flexibility index (Phi) is 2.87. The molecule has 1 aliphatic rings. The van der Waals surface area contributed by atoms with E-state index >= 15 is 0 Å². The van der Waals surface area contributed by atoms with Crippen molar-refractivity contribution in [2.75, 3.05) is 10.6 Å². The van der Waals surface area contributed by atoms with Gasteiger partial charge in [0.25, 0.3) is 0 Å². The Bertz CT molecular complexity index is 429. The van der Waals surface area contributed by atoms with E-state index in [1.807, 2.05) is 0 Å². The van der Waals surface area contributed by atoms with E-state index in [2.05, 4.69) is 20.6 Å². The van der Waals surface area contributed by atoms with Crippen molar-refractivity contribution < 1.29 is 9.90 Å². The molecule has 2 rings (SSSR count). The molecule has 1 heterocycles. The topological polar surface area (TPSA) is 87.1 Å². The van der Waals surface area contributed by atoms with E-state index in [9.17, 15) is 4.79 Å². The first kappa shape index (κ1) is 11.6. The van der Waals surface area contributed by atoms with Crippen LogP contribution in [-0.4, -0.2) is 32.6 Å². The Hall–Kier alpha value is -1.85. The number of aliphatic carboxylic acids is 1. The number of carboxylic acid groups (broad SMARTS) is 1. The van der Waals surface area contributed by atoms with Crippen molar-refractivity contribution in [3.63, 3.8) is 0 Å². The number of nitrogens with zero attached hydrogens (tertiary/aromatic N) is 2. The molecule has 0 radical (unpaired) electrons. The second kappa shape index (κ2) is 4.20. The fourth-order valence-electron chi connectivity index (χ4n) is 1.32. The van der Waals surface area contributed by atoms with Gasteiger partial charge < -0.3 is 15.7 Å². The zero-order valence-corrected chi connectivity index (χ0v) is 9.90. The molecule has 0 spiro atoms. The van der Waals surface area contributed by atoms with Crippen molar-refractivity contribution in [2.24, 2.45) is 0 Å². The molecule has 17 heavy (non-hydrogen) atoms. The molecule has 1 fully saturated rings. The second-order valence-corrected chi connectivity index (χ2v) is 4.76. The summed E-state index contributed by atoms with van der Waals surface area (Å²) < 4.78 is 0. The maximum absolute atomic E-state index is 11.0. The van der Waals surface area contributed by atoms with E-state index in [1.165, 1.54) is 6.33 Å². The number of aromatic nitrogens is 2. The standard InChI is InChI=1S/C11H16N4O2/c1-11(2,10(16)17)15-9-5-8(12-6-13-9)14-7-3-4-7/h5-7H,3-4H2,1-2H3,(H,16,17)(H2,12,13,14,15). The fourth-order valence-corrected chi connectivity index (χ4v) is 1.32. The molecule has 0 unspecified atom stereocenters. The number of rotatable bonds is 5. The van der Waals surface area contributed by atoms with Crippen LogP contribution in [0.1, 0.15) is 26.7 Å². The molecular formula is C11H16N4O2. The SMILES string of the molecule is CC(C)(Nc1cc(NC2CC2)ncn1)C(=O)O. The number of carboxylic acids is 1. The van der Waals surface area contributed by atoms with Crippen LogP contribution in [0.2, 0.25) is 0 Å². The van der Waals surface area contributed by atoms with Crippen molar-refractivity contribution in [1.82, 2.24) is 9.97 Å². The molecule has 0 aromatic carbocycles. The van der Waals surface area contributed by atoms with E-state index in [0.717, 1.165) is 18.7 Å². The Morgan fingerprint density at radius 2 is 2.06 bits per heavy atom. The minimum Gasteiger partial charge on any atom is -0.480 e. The number of carbonyl (C=O) groups is 1. The van der Waals surface area contributed by atoms with Crippen LogP contribution >= 0.6 is 0 Å². The van der Waals surface area contributed by atoms with Gasteiger partial charge in [-0.2, -0.15) is 0 Å². The number of anilines is 2. The lowest BCUT2D eigenvalue weighted by atomic mass is 10.1. The molecule has 1 aliphatic carbocycles. The summed E-state index contributed by atoms with van der Waals surface area (Å²) in [5.41, 5.74) is -1.05. The van der Waals surface area contributed by atoms with Crippen LogP contribution in [0, 0.1) is 0 Å². The smallest absolute Gasteiger partial charge is 0.328 e. The van der Waals surface area contributed by atoms with Crippen LogP contribution in [-0.2, 0) is 4.79 Å². The van der Waals surface area contributed by atoms with Gasteiger partial charge in [0, 0.05) is 12.1 Å². The first-order chi connectivity index (χ1) is 7.97. The molecule has 6 nitrogen and oxygen atoms in total. The van der Waals surface area contributed by atoms with Crippen molar-refractivity contribution in [2.45, 2.75) is 38.3 Å². The lowest BCUT2D eigenvalue weighted by Crippen LogP contribution is -2.40. The van der Waals surface area contributed by atoms with E-state index < -0.39 is 11.5 Å². The van der Waals surface area contributed by atoms with Gasteiger partial charge in [-0.3, -0.25) is 0 Å². The predicted octanol–water partition coefficient (Wildman–Crippen LogP) is 1.33. The van der Waals surface area contributed by atoms with Crippen LogP contribution in [0.3, 0.4) is 0 Å². The zero-order valence-electron chi connectivity index (χ0n) is 9.90. The molecule has 1 aromatic rings. The molecule has 1 aromatic heterocycles. The highest BCUT2D eigenvalue weighted by molar-refractivity contribution is 5.81. The Morgan fingerprint density at radius 3 is 2.65 bits per heavy atom. The first-order valence-electron chi connectivity index (χ1n) is 5.57. The summed E-state index contributed by atoms with van der Waals surface area (Å²) in [4.78, 5) is 19.1.